The fourth-order valence-corrected chi connectivity index (χ4v) is 1.67. The van der Waals surface area contributed by atoms with Crippen molar-refractivity contribution in [2.75, 3.05) is 6.61 Å². The monoisotopic (exact) mass is 374 g/mol. The van der Waals surface area contributed by atoms with E-state index in [4.69, 9.17) is 16.3 Å². The molecule has 0 fully saturated rings. The first-order valence-corrected chi connectivity index (χ1v) is 6.87. The third kappa shape index (κ3) is 3.74. The molecule has 2 aromatic rings. The van der Waals surface area contributed by atoms with Crippen LogP contribution in [0.15, 0.2) is 46.2 Å². The summed E-state index contributed by atoms with van der Waals surface area (Å²) in [7, 11) is 0. The van der Waals surface area contributed by atoms with Gasteiger partial charge in [-0.15, -0.1) is 5.10 Å². The molecule has 0 radical (unpaired) electrons. The third-order valence-corrected chi connectivity index (χ3v) is 2.94. The normalized spacial score (nSPS) is 11.6. The van der Waals surface area contributed by atoms with Crippen LogP contribution in [0.4, 0.5) is 0 Å². The van der Waals surface area contributed by atoms with Crippen LogP contribution in [0.2, 0.25) is 5.02 Å². The number of rotatable bonds is 4. The molecule has 0 aliphatic carbocycles. The second-order valence-electron chi connectivity index (χ2n) is 3.68. The van der Waals surface area contributed by atoms with Gasteiger partial charge in [-0.3, -0.25) is 0 Å². The third-order valence-electron chi connectivity index (χ3n) is 2.25. The first kappa shape index (κ1) is 13.4. The Balaban J connectivity index is 2.06. The highest BCUT2D eigenvalue weighted by atomic mass is 127. The Bertz CT molecular complexity index is 544. The molecule has 0 aliphatic rings. The maximum absolute atomic E-state index is 5.84. The highest BCUT2D eigenvalue weighted by Crippen LogP contribution is 2.15. The van der Waals surface area contributed by atoms with E-state index in [1.165, 1.54) is 3.58 Å². The molecule has 0 amide bonds. The van der Waals surface area contributed by atoms with E-state index in [-0.39, 0.29) is 0 Å². The first-order valence-electron chi connectivity index (χ1n) is 5.42. The molecule has 0 spiro atoms. The van der Waals surface area contributed by atoms with Crippen LogP contribution in [-0.4, -0.2) is 16.4 Å². The fraction of sp³-hybridized carbons (Fsp3) is 0.154. The van der Waals surface area contributed by atoms with Gasteiger partial charge in [-0.25, -0.2) is 4.68 Å². The Morgan fingerprint density at radius 1 is 1.39 bits per heavy atom. The van der Waals surface area contributed by atoms with Crippen molar-refractivity contribution in [2.24, 2.45) is 0 Å². The second kappa shape index (κ2) is 6.24. The summed E-state index contributed by atoms with van der Waals surface area (Å²) >= 11 is 8.09. The van der Waals surface area contributed by atoms with Gasteiger partial charge in [0.1, 0.15) is 6.61 Å². The minimum atomic E-state index is 0.534. The summed E-state index contributed by atoms with van der Waals surface area (Å²) in [6.45, 7) is 2.56. The number of nitrogens with zero attached hydrogens (tertiary/aromatic N) is 2. The average molecular weight is 375 g/mol. The molecule has 0 bridgehead atoms. The van der Waals surface area contributed by atoms with Gasteiger partial charge >= 0.3 is 0 Å². The van der Waals surface area contributed by atoms with Gasteiger partial charge in [-0.05, 0) is 63.4 Å². The lowest BCUT2D eigenvalue weighted by atomic mass is 10.3. The van der Waals surface area contributed by atoms with Gasteiger partial charge < -0.3 is 4.74 Å². The largest absolute Gasteiger partial charge is 0.472 e. The highest BCUT2D eigenvalue weighted by Gasteiger charge is 2.01. The van der Waals surface area contributed by atoms with Gasteiger partial charge in [0.2, 0.25) is 5.88 Å². The van der Waals surface area contributed by atoms with E-state index in [1.807, 2.05) is 49.5 Å². The van der Waals surface area contributed by atoms with E-state index in [0.29, 0.717) is 17.5 Å². The summed E-state index contributed by atoms with van der Waals surface area (Å²) in [5.41, 5.74) is 0.954. The molecule has 0 unspecified atom stereocenters. The molecule has 1 aromatic carbocycles. The van der Waals surface area contributed by atoms with Gasteiger partial charge in [0.05, 0.1) is 5.69 Å². The first-order chi connectivity index (χ1) is 8.65. The molecule has 1 heterocycles. The van der Waals surface area contributed by atoms with Crippen molar-refractivity contribution in [3.63, 3.8) is 0 Å². The molecule has 0 N–H and O–H groups in total. The standard InChI is InChI=1S/C13H12ClIN2O/c1-10(15)7-9-18-13-6-8-17(16-13)12-4-2-11(14)3-5-12/h2-8H,9H2,1H3/b10-7+. The fourth-order valence-electron chi connectivity index (χ4n) is 1.36. The van der Waals surface area contributed by atoms with E-state index in [1.54, 1.807) is 4.68 Å². The summed E-state index contributed by atoms with van der Waals surface area (Å²) in [6, 6.07) is 9.33. The predicted molar refractivity (Wildman–Crippen MR) is 81.8 cm³/mol. The lowest BCUT2D eigenvalue weighted by Crippen LogP contribution is -1.97. The Morgan fingerprint density at radius 2 is 2.11 bits per heavy atom. The number of aromatic nitrogens is 2. The molecular weight excluding hydrogens is 363 g/mol. The van der Waals surface area contributed by atoms with Gasteiger partial charge in [0.15, 0.2) is 0 Å². The van der Waals surface area contributed by atoms with Crippen LogP contribution < -0.4 is 4.74 Å². The Morgan fingerprint density at radius 3 is 2.78 bits per heavy atom. The van der Waals surface area contributed by atoms with E-state index in [0.717, 1.165) is 5.69 Å². The van der Waals surface area contributed by atoms with E-state index >= 15 is 0 Å². The van der Waals surface area contributed by atoms with Crippen LogP contribution in [-0.2, 0) is 0 Å². The Hall–Kier alpha value is -1.01. The highest BCUT2D eigenvalue weighted by molar-refractivity contribution is 14.1. The Kier molecular flexibility index (Phi) is 4.66. The summed E-state index contributed by atoms with van der Waals surface area (Å²) in [4.78, 5) is 0. The van der Waals surface area contributed by atoms with Gasteiger partial charge in [0.25, 0.3) is 0 Å². The molecule has 5 heteroatoms. The van der Waals surface area contributed by atoms with Crippen molar-refractivity contribution >= 4 is 34.2 Å². The van der Waals surface area contributed by atoms with Crippen LogP contribution in [0, 0.1) is 0 Å². The number of hydrogen-bond donors (Lipinski definition) is 0. The number of allylic oxidation sites excluding steroid dienone is 1. The molecule has 0 saturated carbocycles. The minimum Gasteiger partial charge on any atom is -0.472 e. The molecule has 94 valence electrons. The topological polar surface area (TPSA) is 27.1 Å². The van der Waals surface area contributed by atoms with Gasteiger partial charge in [-0.2, -0.15) is 0 Å². The van der Waals surface area contributed by atoms with Crippen molar-refractivity contribution in [3.8, 4) is 11.6 Å². The number of hydrogen-bond acceptors (Lipinski definition) is 2. The number of halogens is 2. The lowest BCUT2D eigenvalue weighted by molar-refractivity contribution is 0.345. The second-order valence-corrected chi connectivity index (χ2v) is 5.81. The Labute approximate surface area is 125 Å². The minimum absolute atomic E-state index is 0.534. The van der Waals surface area contributed by atoms with E-state index in [2.05, 4.69) is 27.7 Å². The average Bonchev–Trinajstić information content (AvgIpc) is 2.78. The maximum Gasteiger partial charge on any atom is 0.233 e. The zero-order valence-corrected chi connectivity index (χ0v) is 12.7. The molecule has 18 heavy (non-hydrogen) atoms. The summed E-state index contributed by atoms with van der Waals surface area (Å²) in [5.74, 6) is 0.610. The van der Waals surface area contributed by atoms with Crippen LogP contribution in [0.5, 0.6) is 5.88 Å². The maximum atomic E-state index is 5.84. The predicted octanol–water partition coefficient (Wildman–Crippen LogP) is 4.24. The van der Waals surface area contributed by atoms with Gasteiger partial charge in [0, 0.05) is 17.3 Å². The molecule has 1 aromatic heterocycles. The van der Waals surface area contributed by atoms with E-state index in [9.17, 15) is 0 Å². The lowest BCUT2D eigenvalue weighted by Gasteiger charge is -2.01. The van der Waals surface area contributed by atoms with Crippen molar-refractivity contribution in [1.82, 2.24) is 9.78 Å². The zero-order valence-electron chi connectivity index (χ0n) is 9.81. The van der Waals surface area contributed by atoms with Gasteiger partial charge in [-0.1, -0.05) is 11.6 Å². The van der Waals surface area contributed by atoms with Crippen molar-refractivity contribution in [1.29, 1.82) is 0 Å². The number of ether oxygens (including phenoxy) is 1. The molecule has 0 atom stereocenters. The van der Waals surface area contributed by atoms with Crippen LogP contribution in [0.1, 0.15) is 6.92 Å². The molecule has 2 rings (SSSR count). The van der Waals surface area contributed by atoms with Crippen molar-refractivity contribution < 1.29 is 4.74 Å². The van der Waals surface area contributed by atoms with Crippen molar-refractivity contribution in [2.45, 2.75) is 6.92 Å². The molecule has 3 nitrogen and oxygen atoms in total. The van der Waals surface area contributed by atoms with Crippen LogP contribution in [0.25, 0.3) is 5.69 Å². The molecular formula is C13H12ClIN2O. The van der Waals surface area contributed by atoms with E-state index < -0.39 is 0 Å². The zero-order chi connectivity index (χ0) is 13.0. The summed E-state index contributed by atoms with van der Waals surface area (Å²) < 4.78 is 8.46. The molecule has 0 saturated heterocycles. The van der Waals surface area contributed by atoms with Crippen LogP contribution >= 0.6 is 34.2 Å². The number of benzene rings is 1. The summed E-state index contributed by atoms with van der Waals surface area (Å²) in [5, 5.41) is 5.04. The SMILES string of the molecule is C/C(I)=C\COc1ccn(-c2ccc(Cl)cc2)n1. The van der Waals surface area contributed by atoms with Crippen LogP contribution in [0.3, 0.4) is 0 Å². The molecule has 0 aliphatic heterocycles. The quantitative estimate of drug-likeness (QED) is 0.748. The smallest absolute Gasteiger partial charge is 0.233 e. The van der Waals surface area contributed by atoms with Crippen molar-refractivity contribution in [3.05, 3.63) is 51.2 Å². The summed E-state index contributed by atoms with van der Waals surface area (Å²) in [6.07, 6.45) is 3.86.